The summed E-state index contributed by atoms with van der Waals surface area (Å²) in [6.07, 6.45) is 0. The van der Waals surface area contributed by atoms with Crippen LogP contribution in [0.4, 0.5) is 0 Å². The third-order valence-electron chi connectivity index (χ3n) is 2.21. The zero-order valence-electron chi connectivity index (χ0n) is 8.94. The highest BCUT2D eigenvalue weighted by Gasteiger charge is 1.95. The van der Waals surface area contributed by atoms with E-state index in [1.54, 1.807) is 18.2 Å². The van der Waals surface area contributed by atoms with Crippen LogP contribution in [-0.2, 0) is 0 Å². The first-order valence-electron chi connectivity index (χ1n) is 5.06. The van der Waals surface area contributed by atoms with E-state index in [2.05, 4.69) is 17.9 Å². The molecule has 0 N–H and O–H groups in total. The smallest absolute Gasteiger partial charge is 0.100 e. The van der Waals surface area contributed by atoms with Crippen molar-refractivity contribution in [2.75, 3.05) is 0 Å². The van der Waals surface area contributed by atoms with Gasteiger partial charge in [0.2, 0.25) is 0 Å². The van der Waals surface area contributed by atoms with Gasteiger partial charge in [-0.05, 0) is 30.3 Å². The van der Waals surface area contributed by atoms with Gasteiger partial charge in [0.25, 0.3) is 0 Å². The van der Waals surface area contributed by atoms with Crippen LogP contribution in [0, 0.1) is 23.2 Å². The first-order chi connectivity index (χ1) is 8.29. The molecule has 2 heteroatoms. The minimum Gasteiger partial charge on any atom is -0.192 e. The van der Waals surface area contributed by atoms with E-state index < -0.39 is 0 Å². The Hall–Kier alpha value is -2.22. The standard InChI is InChI=1S/C15H8ClN/c16-15-7-3-4-12(10-15)8-9-13-5-1-2-6-14(13)11-17/h1-7,10H. The molecule has 17 heavy (non-hydrogen) atoms. The molecule has 0 spiro atoms. The normalized spacial score (nSPS) is 8.94. The molecule has 0 bridgehead atoms. The number of rotatable bonds is 0. The Balaban J connectivity index is 2.37. The SMILES string of the molecule is N#Cc1ccccc1C#Cc1cccc(Cl)c1. The predicted octanol–water partition coefficient (Wildman–Crippen LogP) is 3.61. The van der Waals surface area contributed by atoms with E-state index in [0.717, 1.165) is 11.1 Å². The second kappa shape index (κ2) is 5.21. The minimum absolute atomic E-state index is 0.585. The topological polar surface area (TPSA) is 23.8 Å². The number of hydrogen-bond acceptors (Lipinski definition) is 1. The van der Waals surface area contributed by atoms with Crippen LogP contribution < -0.4 is 0 Å². The van der Waals surface area contributed by atoms with Gasteiger partial charge in [0.15, 0.2) is 0 Å². The third-order valence-corrected chi connectivity index (χ3v) is 2.45. The van der Waals surface area contributed by atoms with Crippen LogP contribution in [0.3, 0.4) is 0 Å². The molecule has 1 nitrogen and oxygen atoms in total. The summed E-state index contributed by atoms with van der Waals surface area (Å²) in [5.74, 6) is 5.97. The van der Waals surface area contributed by atoms with Gasteiger partial charge in [0, 0.05) is 16.1 Å². The van der Waals surface area contributed by atoms with Gasteiger partial charge >= 0.3 is 0 Å². The Morgan fingerprint density at radius 1 is 0.882 bits per heavy atom. The molecule has 0 saturated heterocycles. The van der Waals surface area contributed by atoms with Gasteiger partial charge < -0.3 is 0 Å². The second-order valence-electron chi connectivity index (χ2n) is 3.42. The minimum atomic E-state index is 0.585. The summed E-state index contributed by atoms with van der Waals surface area (Å²) >= 11 is 5.87. The average Bonchev–Trinajstić information content (AvgIpc) is 2.37. The van der Waals surface area contributed by atoms with Crippen LogP contribution in [0.5, 0.6) is 0 Å². The molecule has 2 rings (SSSR count). The summed E-state index contributed by atoms with van der Waals surface area (Å²) in [5.41, 5.74) is 2.15. The molecule has 0 amide bonds. The summed E-state index contributed by atoms with van der Waals surface area (Å²) in [6.45, 7) is 0. The maximum atomic E-state index is 8.92. The Bertz CT molecular complexity index is 642. The number of nitrogens with zero attached hydrogens (tertiary/aromatic N) is 1. The molecule has 0 saturated carbocycles. The Morgan fingerprint density at radius 2 is 1.65 bits per heavy atom. The van der Waals surface area contributed by atoms with E-state index in [9.17, 15) is 0 Å². The molecular weight excluding hydrogens is 230 g/mol. The number of hydrogen-bond donors (Lipinski definition) is 0. The van der Waals surface area contributed by atoms with Gasteiger partial charge in [0.05, 0.1) is 5.56 Å². The second-order valence-corrected chi connectivity index (χ2v) is 3.85. The summed E-state index contributed by atoms with van der Waals surface area (Å²) in [4.78, 5) is 0. The first-order valence-corrected chi connectivity index (χ1v) is 5.44. The Morgan fingerprint density at radius 3 is 2.35 bits per heavy atom. The Kier molecular flexibility index (Phi) is 3.46. The quantitative estimate of drug-likeness (QED) is 0.642. The van der Waals surface area contributed by atoms with Gasteiger partial charge in [-0.2, -0.15) is 5.26 Å². The number of benzene rings is 2. The molecule has 0 aliphatic heterocycles. The molecule has 0 atom stereocenters. The molecule has 0 heterocycles. The maximum absolute atomic E-state index is 8.92. The molecule has 0 unspecified atom stereocenters. The molecule has 0 radical (unpaired) electrons. The fourth-order valence-corrected chi connectivity index (χ4v) is 1.59. The highest BCUT2D eigenvalue weighted by molar-refractivity contribution is 6.30. The maximum Gasteiger partial charge on any atom is 0.100 e. The number of halogens is 1. The lowest BCUT2D eigenvalue weighted by molar-refractivity contribution is 1.47. The lowest BCUT2D eigenvalue weighted by atomic mass is 10.1. The van der Waals surface area contributed by atoms with Crippen molar-refractivity contribution in [1.82, 2.24) is 0 Å². The van der Waals surface area contributed by atoms with Crippen LogP contribution >= 0.6 is 11.6 Å². The largest absolute Gasteiger partial charge is 0.192 e. The zero-order chi connectivity index (χ0) is 12.1. The van der Waals surface area contributed by atoms with Crippen LogP contribution in [0.2, 0.25) is 5.02 Å². The summed E-state index contributed by atoms with van der Waals surface area (Å²) < 4.78 is 0. The van der Waals surface area contributed by atoms with Crippen molar-refractivity contribution in [3.8, 4) is 17.9 Å². The van der Waals surface area contributed by atoms with Crippen molar-refractivity contribution in [2.24, 2.45) is 0 Å². The molecule has 0 aliphatic carbocycles. The number of nitriles is 1. The monoisotopic (exact) mass is 237 g/mol. The molecule has 80 valence electrons. The molecular formula is C15H8ClN. The van der Waals surface area contributed by atoms with Crippen molar-refractivity contribution in [2.45, 2.75) is 0 Å². The highest BCUT2D eigenvalue weighted by Crippen LogP contribution is 2.10. The van der Waals surface area contributed by atoms with E-state index in [0.29, 0.717) is 10.6 Å². The average molecular weight is 238 g/mol. The molecule has 0 aromatic heterocycles. The fourth-order valence-electron chi connectivity index (χ4n) is 1.40. The van der Waals surface area contributed by atoms with Crippen molar-refractivity contribution in [3.05, 3.63) is 70.2 Å². The van der Waals surface area contributed by atoms with Crippen molar-refractivity contribution < 1.29 is 0 Å². The lowest BCUT2D eigenvalue weighted by Gasteiger charge is -1.93. The van der Waals surface area contributed by atoms with Gasteiger partial charge in [0.1, 0.15) is 6.07 Å². The van der Waals surface area contributed by atoms with E-state index in [4.69, 9.17) is 16.9 Å². The molecule has 0 fully saturated rings. The third kappa shape index (κ3) is 2.88. The van der Waals surface area contributed by atoms with Crippen molar-refractivity contribution in [3.63, 3.8) is 0 Å². The summed E-state index contributed by atoms with van der Waals surface area (Å²) in [6, 6.07) is 16.7. The van der Waals surface area contributed by atoms with Gasteiger partial charge in [-0.25, -0.2) is 0 Å². The first kappa shape index (κ1) is 11.3. The Labute approximate surface area is 105 Å². The van der Waals surface area contributed by atoms with Crippen LogP contribution in [0.1, 0.15) is 16.7 Å². The van der Waals surface area contributed by atoms with Gasteiger partial charge in [-0.15, -0.1) is 0 Å². The highest BCUT2D eigenvalue weighted by atomic mass is 35.5. The van der Waals surface area contributed by atoms with E-state index in [-0.39, 0.29) is 0 Å². The van der Waals surface area contributed by atoms with E-state index >= 15 is 0 Å². The van der Waals surface area contributed by atoms with Crippen molar-refractivity contribution in [1.29, 1.82) is 5.26 Å². The van der Waals surface area contributed by atoms with Crippen LogP contribution in [0.25, 0.3) is 0 Å². The summed E-state index contributed by atoms with van der Waals surface area (Å²) in [7, 11) is 0. The summed E-state index contributed by atoms with van der Waals surface area (Å²) in [5, 5.41) is 9.58. The van der Waals surface area contributed by atoms with E-state index in [1.807, 2.05) is 30.3 Å². The lowest BCUT2D eigenvalue weighted by Crippen LogP contribution is -1.82. The van der Waals surface area contributed by atoms with Gasteiger partial charge in [-0.3, -0.25) is 0 Å². The van der Waals surface area contributed by atoms with Crippen molar-refractivity contribution >= 4 is 11.6 Å². The molecule has 2 aromatic carbocycles. The van der Waals surface area contributed by atoms with Crippen LogP contribution in [-0.4, -0.2) is 0 Å². The van der Waals surface area contributed by atoms with Gasteiger partial charge in [-0.1, -0.05) is 41.6 Å². The van der Waals surface area contributed by atoms with Crippen LogP contribution in [0.15, 0.2) is 48.5 Å². The molecule has 0 aliphatic rings. The van der Waals surface area contributed by atoms with E-state index in [1.165, 1.54) is 0 Å². The molecule has 2 aromatic rings. The predicted molar refractivity (Wildman–Crippen MR) is 68.6 cm³/mol. The fraction of sp³-hybridized carbons (Fsp3) is 0. The zero-order valence-corrected chi connectivity index (χ0v) is 9.70.